The van der Waals surface area contributed by atoms with E-state index in [-0.39, 0.29) is 16.6 Å². The molecule has 5 N–H and O–H groups in total. The first-order valence-electron chi connectivity index (χ1n) is 8.00. The normalized spacial score (nSPS) is 30.8. The third kappa shape index (κ3) is 3.42. The van der Waals surface area contributed by atoms with Crippen LogP contribution in [0, 0.1) is 23.2 Å². The Morgan fingerprint density at radius 2 is 2.11 bits per heavy atom. The van der Waals surface area contributed by atoms with E-state index in [0.29, 0.717) is 0 Å². The molecule has 13 heteroatoms. The van der Waals surface area contributed by atoms with Crippen molar-refractivity contribution in [2.45, 2.75) is 43.7 Å². The molecule has 0 aromatic carbocycles. The number of nitriles is 1. The summed E-state index contributed by atoms with van der Waals surface area (Å²) in [5.74, 6) is -6.44. The van der Waals surface area contributed by atoms with Crippen LogP contribution in [0.15, 0.2) is 15.7 Å². The number of hydrogen-bond donors (Lipinski definition) is 4. The van der Waals surface area contributed by atoms with E-state index in [0.717, 1.165) is 0 Å². The Morgan fingerprint density at radius 3 is 2.61 bits per heavy atom. The summed E-state index contributed by atoms with van der Waals surface area (Å²) in [7, 11) is 0. The Morgan fingerprint density at radius 1 is 1.50 bits per heavy atom. The average Bonchev–Trinajstić information content (AvgIpc) is 2.80. The summed E-state index contributed by atoms with van der Waals surface area (Å²) >= 11 is 0. The van der Waals surface area contributed by atoms with Crippen LogP contribution in [0.25, 0.3) is 0 Å². The van der Waals surface area contributed by atoms with Crippen molar-refractivity contribution in [1.29, 1.82) is 5.26 Å². The van der Waals surface area contributed by atoms with E-state index in [9.17, 15) is 34.2 Å². The number of esters is 1. The quantitative estimate of drug-likeness (QED) is 0.313. The number of ether oxygens (including phenoxy) is 2. The molecule has 2 heterocycles. The molecule has 154 valence electrons. The zero-order valence-corrected chi connectivity index (χ0v) is 14.8. The highest BCUT2D eigenvalue weighted by molar-refractivity contribution is 5.75. The van der Waals surface area contributed by atoms with E-state index >= 15 is 4.39 Å². The number of halogens is 2. The zero-order valence-electron chi connectivity index (χ0n) is 14.8. The Hall–Kier alpha value is -2.66. The molecule has 1 aliphatic heterocycles. The highest BCUT2D eigenvalue weighted by Crippen LogP contribution is 2.42. The number of rotatable bonds is 5. The molecule has 1 saturated heterocycles. The molecule has 11 nitrogen and oxygen atoms in total. The molecule has 1 fully saturated rings. The summed E-state index contributed by atoms with van der Waals surface area (Å²) in [6, 6.07) is 0.343. The number of aliphatic hydroxyl groups is 2. The molecule has 0 amide bonds. The SMILES string of the molecule is CC(C)[C@H](N)C(=O)OC[C@@]1(F)O[C@@](C#N)(n2c(F)cc(=O)[nH]c2=O)[C@H](O)[C@@H]1O. The second-order valence-corrected chi connectivity index (χ2v) is 6.56. The molecular weight excluding hydrogens is 386 g/mol. The van der Waals surface area contributed by atoms with Crippen molar-refractivity contribution in [2.75, 3.05) is 6.61 Å². The molecule has 0 unspecified atom stereocenters. The van der Waals surface area contributed by atoms with E-state index < -0.39 is 59.6 Å². The zero-order chi connectivity index (χ0) is 21.4. The second-order valence-electron chi connectivity index (χ2n) is 6.56. The molecule has 28 heavy (non-hydrogen) atoms. The van der Waals surface area contributed by atoms with Crippen LogP contribution in [-0.4, -0.2) is 56.4 Å². The number of carbonyl (C=O) groups excluding carboxylic acids is 1. The summed E-state index contributed by atoms with van der Waals surface area (Å²) in [6.07, 6.45) is -5.01. The minimum atomic E-state index is -3.39. The Bertz CT molecular complexity index is 926. The number of aliphatic hydroxyl groups excluding tert-OH is 2. The van der Waals surface area contributed by atoms with Crippen molar-refractivity contribution in [1.82, 2.24) is 9.55 Å². The number of aromatic nitrogens is 2. The van der Waals surface area contributed by atoms with Crippen LogP contribution >= 0.6 is 0 Å². The van der Waals surface area contributed by atoms with Gasteiger partial charge in [0.15, 0.2) is 6.61 Å². The van der Waals surface area contributed by atoms with Crippen LogP contribution in [0.1, 0.15) is 13.8 Å². The molecule has 5 atom stereocenters. The van der Waals surface area contributed by atoms with Crippen LogP contribution < -0.4 is 17.0 Å². The van der Waals surface area contributed by atoms with Gasteiger partial charge in [0, 0.05) is 0 Å². The molecule has 0 spiro atoms. The molecule has 1 aromatic rings. The largest absolute Gasteiger partial charge is 0.458 e. The van der Waals surface area contributed by atoms with Gasteiger partial charge < -0.3 is 20.7 Å². The predicted molar refractivity (Wildman–Crippen MR) is 85.6 cm³/mol. The first-order chi connectivity index (χ1) is 12.9. The minimum absolute atomic E-state index is 0.161. The van der Waals surface area contributed by atoms with Gasteiger partial charge in [-0.2, -0.15) is 9.65 Å². The van der Waals surface area contributed by atoms with Crippen LogP contribution in [0.5, 0.6) is 0 Å². The molecule has 0 aliphatic carbocycles. The maximum atomic E-state index is 15.1. The van der Waals surface area contributed by atoms with Gasteiger partial charge in [0.05, 0.1) is 6.07 Å². The minimum Gasteiger partial charge on any atom is -0.458 e. The van der Waals surface area contributed by atoms with Gasteiger partial charge in [0.25, 0.3) is 17.1 Å². The van der Waals surface area contributed by atoms with Gasteiger partial charge in [-0.1, -0.05) is 13.8 Å². The van der Waals surface area contributed by atoms with Crippen molar-refractivity contribution >= 4 is 5.97 Å². The molecule has 2 rings (SSSR count). The monoisotopic (exact) mass is 404 g/mol. The van der Waals surface area contributed by atoms with Gasteiger partial charge in [-0.15, -0.1) is 0 Å². The summed E-state index contributed by atoms with van der Waals surface area (Å²) < 4.78 is 38.5. The Labute approximate surface area is 155 Å². The molecule has 0 saturated carbocycles. The van der Waals surface area contributed by atoms with Crippen molar-refractivity contribution in [3.05, 3.63) is 32.9 Å². The number of carbonyl (C=O) groups is 1. The molecular formula is C15H18F2N4O7. The van der Waals surface area contributed by atoms with Crippen LogP contribution in [0.3, 0.4) is 0 Å². The highest BCUT2D eigenvalue weighted by atomic mass is 19.2. The Kier molecular flexibility index (Phi) is 5.72. The van der Waals surface area contributed by atoms with E-state index in [1.54, 1.807) is 18.8 Å². The lowest BCUT2D eigenvalue weighted by Gasteiger charge is -2.27. The number of aromatic amines is 1. The lowest BCUT2D eigenvalue weighted by Crippen LogP contribution is -2.52. The summed E-state index contributed by atoms with van der Waals surface area (Å²) in [4.78, 5) is 36.5. The van der Waals surface area contributed by atoms with Crippen molar-refractivity contribution in [3.8, 4) is 6.07 Å². The van der Waals surface area contributed by atoms with Gasteiger partial charge in [-0.25, -0.2) is 13.8 Å². The topological polar surface area (TPSA) is 181 Å². The van der Waals surface area contributed by atoms with Gasteiger partial charge in [-0.05, 0) is 5.92 Å². The second kappa shape index (κ2) is 7.40. The highest BCUT2D eigenvalue weighted by Gasteiger charge is 2.66. The lowest BCUT2D eigenvalue weighted by atomic mass is 10.0. The van der Waals surface area contributed by atoms with Crippen molar-refractivity contribution < 1.29 is 33.3 Å². The molecule has 1 aromatic heterocycles. The van der Waals surface area contributed by atoms with E-state index in [4.69, 9.17) is 10.5 Å². The summed E-state index contributed by atoms with van der Waals surface area (Å²) in [5, 5.41) is 29.6. The lowest BCUT2D eigenvalue weighted by molar-refractivity contribution is -0.236. The Balaban J connectivity index is 2.41. The fourth-order valence-electron chi connectivity index (χ4n) is 2.58. The van der Waals surface area contributed by atoms with E-state index in [2.05, 4.69) is 4.74 Å². The number of nitrogens with two attached hydrogens (primary N) is 1. The van der Waals surface area contributed by atoms with Gasteiger partial charge in [0.2, 0.25) is 5.95 Å². The number of H-pyrrole nitrogens is 1. The van der Waals surface area contributed by atoms with Crippen LogP contribution in [-0.2, 0) is 20.0 Å². The average molecular weight is 404 g/mol. The van der Waals surface area contributed by atoms with E-state index in [1.165, 1.54) is 6.07 Å². The number of nitrogens with one attached hydrogen (secondary N) is 1. The first kappa shape index (κ1) is 21.6. The first-order valence-corrected chi connectivity index (χ1v) is 8.00. The standard InChI is InChI=1S/C15H18F2N4O7/c1-6(2)9(19)12(25)27-5-14(17)10(23)11(24)15(4-18,28-14)21-7(16)3-8(22)20-13(21)26/h3,6,9-11,23-24H,5,19H2,1-2H3,(H,20,22,26)/t9-,10-,11+,14+,15+/m0/s1. The van der Waals surface area contributed by atoms with E-state index in [1.807, 2.05) is 0 Å². The molecule has 1 aliphatic rings. The third-order valence-electron chi connectivity index (χ3n) is 4.26. The van der Waals surface area contributed by atoms with Crippen molar-refractivity contribution in [3.63, 3.8) is 0 Å². The number of alkyl halides is 1. The molecule has 0 bridgehead atoms. The maximum Gasteiger partial charge on any atom is 0.333 e. The third-order valence-corrected chi connectivity index (χ3v) is 4.26. The van der Waals surface area contributed by atoms with Crippen LogP contribution in [0.4, 0.5) is 8.78 Å². The number of hydrogen-bond acceptors (Lipinski definition) is 9. The molecule has 0 radical (unpaired) electrons. The number of nitrogens with zero attached hydrogens (tertiary/aromatic N) is 2. The van der Waals surface area contributed by atoms with Gasteiger partial charge in [-0.3, -0.25) is 19.3 Å². The summed E-state index contributed by atoms with van der Waals surface area (Å²) in [5.41, 5.74) is -0.252. The smallest absolute Gasteiger partial charge is 0.333 e. The predicted octanol–water partition coefficient (Wildman–Crippen LogP) is -2.20. The summed E-state index contributed by atoms with van der Waals surface area (Å²) in [6.45, 7) is 1.87. The van der Waals surface area contributed by atoms with Gasteiger partial charge >= 0.3 is 11.7 Å². The maximum absolute atomic E-state index is 15.1. The van der Waals surface area contributed by atoms with Crippen LogP contribution in [0.2, 0.25) is 0 Å². The van der Waals surface area contributed by atoms with Crippen molar-refractivity contribution in [2.24, 2.45) is 11.7 Å². The fourth-order valence-corrected chi connectivity index (χ4v) is 2.58. The van der Waals surface area contributed by atoms with Gasteiger partial charge in [0.1, 0.15) is 24.3 Å². The fraction of sp³-hybridized carbons (Fsp3) is 0.600.